The first-order valence-electron chi connectivity index (χ1n) is 13.4. The zero-order valence-corrected chi connectivity index (χ0v) is 23.8. The first-order chi connectivity index (χ1) is 17.3. The molecule has 1 aromatic rings. The van der Waals surface area contributed by atoms with E-state index in [1.807, 2.05) is 34.6 Å². The Hall–Kier alpha value is -2.35. The lowest BCUT2D eigenvalue weighted by Gasteiger charge is -2.31. The molecule has 0 aromatic heterocycles. The summed E-state index contributed by atoms with van der Waals surface area (Å²) in [4.78, 5) is 25.2. The van der Waals surface area contributed by atoms with Crippen LogP contribution < -0.4 is 10.1 Å². The summed E-state index contributed by atoms with van der Waals surface area (Å²) in [6.07, 6.45) is 1.51. The van der Waals surface area contributed by atoms with Crippen molar-refractivity contribution in [1.82, 2.24) is 5.32 Å². The zero-order valence-electron chi connectivity index (χ0n) is 23.8. The number of carbonyl (C=O) groups is 2. The van der Waals surface area contributed by atoms with E-state index in [2.05, 4.69) is 19.2 Å². The van der Waals surface area contributed by atoms with E-state index in [9.17, 15) is 14.0 Å². The fourth-order valence-corrected chi connectivity index (χ4v) is 4.58. The lowest BCUT2D eigenvalue weighted by molar-refractivity contribution is -0.146. The molecule has 0 aliphatic carbocycles. The Labute approximate surface area is 221 Å². The van der Waals surface area contributed by atoms with Crippen molar-refractivity contribution in [2.45, 2.75) is 91.9 Å². The molecule has 2 rings (SSSR count). The van der Waals surface area contributed by atoms with E-state index < -0.39 is 29.7 Å². The van der Waals surface area contributed by atoms with Gasteiger partial charge in [0.25, 0.3) is 0 Å². The van der Waals surface area contributed by atoms with Crippen LogP contribution in [0.4, 0.5) is 9.18 Å². The van der Waals surface area contributed by atoms with Gasteiger partial charge in [-0.1, -0.05) is 33.8 Å². The largest absolute Gasteiger partial charge is 0.490 e. The topological polar surface area (TPSA) is 83.1 Å². The average molecular weight is 524 g/mol. The van der Waals surface area contributed by atoms with Gasteiger partial charge in [-0.15, -0.1) is 0 Å². The van der Waals surface area contributed by atoms with Crippen LogP contribution in [0.1, 0.15) is 73.3 Å². The molecule has 8 heteroatoms. The van der Waals surface area contributed by atoms with E-state index in [1.165, 1.54) is 6.07 Å². The Kier molecular flexibility index (Phi) is 11.7. The summed E-state index contributed by atoms with van der Waals surface area (Å²) in [5.74, 6) is -0.0395. The van der Waals surface area contributed by atoms with Crippen LogP contribution in [0.2, 0.25) is 0 Å². The highest BCUT2D eigenvalue weighted by Crippen LogP contribution is 2.33. The highest BCUT2D eigenvalue weighted by molar-refractivity contribution is 5.75. The summed E-state index contributed by atoms with van der Waals surface area (Å²) in [5.41, 5.74) is 0.300. The monoisotopic (exact) mass is 523 g/mol. The van der Waals surface area contributed by atoms with Crippen molar-refractivity contribution < 1.29 is 32.9 Å². The SMILES string of the molecule is COCCCOc1cc(C[C@@H](C[C@H](NC(=O)OC(C)(C)C)[C@@H]2C[C@@H](C(C)C)C(=O)O2)C(C)C)ccc1F. The maximum absolute atomic E-state index is 14.3. The summed E-state index contributed by atoms with van der Waals surface area (Å²) in [6, 6.07) is 4.55. The van der Waals surface area contributed by atoms with Crippen LogP contribution in [0.15, 0.2) is 18.2 Å². The van der Waals surface area contributed by atoms with Crippen LogP contribution in [0.5, 0.6) is 5.75 Å². The number of ether oxygens (including phenoxy) is 4. The fourth-order valence-electron chi connectivity index (χ4n) is 4.58. The molecule has 1 aliphatic rings. The quantitative estimate of drug-likeness (QED) is 0.255. The number of alkyl carbamates (subject to hydrolysis) is 1. The molecule has 1 aliphatic heterocycles. The molecule has 0 bridgehead atoms. The van der Waals surface area contributed by atoms with Crippen molar-refractivity contribution in [3.63, 3.8) is 0 Å². The molecule has 0 unspecified atom stereocenters. The number of rotatable bonds is 13. The Morgan fingerprint density at radius 1 is 1.19 bits per heavy atom. The van der Waals surface area contributed by atoms with Gasteiger partial charge in [0.15, 0.2) is 11.6 Å². The van der Waals surface area contributed by atoms with Gasteiger partial charge < -0.3 is 24.3 Å². The first kappa shape index (κ1) is 30.9. The van der Waals surface area contributed by atoms with Crippen molar-refractivity contribution in [3.8, 4) is 5.75 Å². The number of hydrogen-bond donors (Lipinski definition) is 1. The van der Waals surface area contributed by atoms with Crippen LogP contribution in [-0.4, -0.2) is 50.1 Å². The van der Waals surface area contributed by atoms with E-state index in [4.69, 9.17) is 18.9 Å². The molecule has 7 nitrogen and oxygen atoms in total. The van der Waals surface area contributed by atoms with Crippen LogP contribution >= 0.6 is 0 Å². The Balaban J connectivity index is 2.20. The van der Waals surface area contributed by atoms with Crippen LogP contribution in [0.25, 0.3) is 0 Å². The minimum absolute atomic E-state index is 0.128. The number of esters is 1. The third-order valence-electron chi connectivity index (χ3n) is 6.76. The molecule has 1 N–H and O–H groups in total. The third-order valence-corrected chi connectivity index (χ3v) is 6.76. The lowest BCUT2D eigenvalue weighted by atomic mass is 9.81. The number of benzene rings is 1. The van der Waals surface area contributed by atoms with Crippen molar-refractivity contribution in [3.05, 3.63) is 29.6 Å². The molecule has 1 amide bonds. The van der Waals surface area contributed by atoms with Gasteiger partial charge in [0, 0.05) is 20.1 Å². The van der Waals surface area contributed by atoms with Gasteiger partial charge in [-0.2, -0.15) is 0 Å². The van der Waals surface area contributed by atoms with Crippen LogP contribution in [-0.2, 0) is 25.4 Å². The number of carbonyl (C=O) groups excluding carboxylic acids is 2. The van der Waals surface area contributed by atoms with E-state index in [0.29, 0.717) is 38.9 Å². The molecule has 0 spiro atoms. The lowest BCUT2D eigenvalue weighted by Crippen LogP contribution is -2.47. The minimum atomic E-state index is -0.646. The third kappa shape index (κ3) is 10.1. The van der Waals surface area contributed by atoms with E-state index in [1.54, 1.807) is 19.2 Å². The number of cyclic esters (lactones) is 1. The van der Waals surface area contributed by atoms with Gasteiger partial charge in [-0.25, -0.2) is 9.18 Å². The van der Waals surface area contributed by atoms with Gasteiger partial charge in [0.2, 0.25) is 0 Å². The number of nitrogens with one attached hydrogen (secondary N) is 1. The van der Waals surface area contributed by atoms with Crippen molar-refractivity contribution in [2.24, 2.45) is 23.7 Å². The van der Waals surface area contributed by atoms with Gasteiger partial charge in [0.05, 0.1) is 18.6 Å². The maximum atomic E-state index is 14.3. The molecule has 210 valence electrons. The van der Waals surface area contributed by atoms with Crippen molar-refractivity contribution >= 4 is 12.1 Å². The fraction of sp³-hybridized carbons (Fsp3) is 0.724. The van der Waals surface area contributed by atoms with E-state index >= 15 is 0 Å². The van der Waals surface area contributed by atoms with Crippen LogP contribution in [0, 0.1) is 29.5 Å². The number of hydrogen-bond acceptors (Lipinski definition) is 6. The van der Waals surface area contributed by atoms with Crippen LogP contribution in [0.3, 0.4) is 0 Å². The molecule has 37 heavy (non-hydrogen) atoms. The highest BCUT2D eigenvalue weighted by Gasteiger charge is 2.42. The molecule has 1 saturated heterocycles. The predicted molar refractivity (Wildman–Crippen MR) is 141 cm³/mol. The predicted octanol–water partition coefficient (Wildman–Crippen LogP) is 5.93. The first-order valence-corrected chi connectivity index (χ1v) is 13.4. The summed E-state index contributed by atoms with van der Waals surface area (Å²) < 4.78 is 36.3. The Bertz CT molecular complexity index is 882. The molecular weight excluding hydrogens is 477 g/mol. The second-order valence-electron chi connectivity index (χ2n) is 11.7. The zero-order chi connectivity index (χ0) is 27.8. The van der Waals surface area contributed by atoms with E-state index in [-0.39, 0.29) is 35.4 Å². The molecule has 0 radical (unpaired) electrons. The standard InChI is InChI=1S/C29H46FNO6/c1-18(2)21(14-20-10-11-23(30)25(15-20)35-13-9-12-34-8)16-24(31-28(33)37-29(5,6)7)26-17-22(19(3)4)27(32)36-26/h10-11,15,18-19,21-22,24,26H,9,12-14,16-17H2,1-8H3,(H,31,33)/t21-,22-,24-,26-/m0/s1. The Morgan fingerprint density at radius 3 is 2.46 bits per heavy atom. The summed E-state index contributed by atoms with van der Waals surface area (Å²) in [5, 5.41) is 2.99. The Morgan fingerprint density at radius 2 is 1.89 bits per heavy atom. The second kappa shape index (κ2) is 14.0. The molecule has 4 atom stereocenters. The highest BCUT2D eigenvalue weighted by atomic mass is 19.1. The van der Waals surface area contributed by atoms with Gasteiger partial charge >= 0.3 is 12.1 Å². The van der Waals surface area contributed by atoms with Crippen molar-refractivity contribution in [2.75, 3.05) is 20.3 Å². The summed E-state index contributed by atoms with van der Waals surface area (Å²) >= 11 is 0. The second-order valence-corrected chi connectivity index (χ2v) is 11.7. The normalized spacial score (nSPS) is 19.6. The number of halogens is 1. The van der Waals surface area contributed by atoms with Gasteiger partial charge in [0.1, 0.15) is 11.7 Å². The molecular formula is C29H46FNO6. The average Bonchev–Trinajstić information content (AvgIpc) is 3.18. The summed E-state index contributed by atoms with van der Waals surface area (Å²) in [7, 11) is 1.62. The summed E-state index contributed by atoms with van der Waals surface area (Å²) in [6.45, 7) is 14.6. The van der Waals surface area contributed by atoms with E-state index in [0.717, 1.165) is 5.56 Å². The van der Waals surface area contributed by atoms with Gasteiger partial charge in [-0.3, -0.25) is 4.79 Å². The molecule has 1 aromatic carbocycles. The molecule has 1 heterocycles. The molecule has 1 fully saturated rings. The van der Waals surface area contributed by atoms with Gasteiger partial charge in [-0.05, 0) is 75.5 Å². The maximum Gasteiger partial charge on any atom is 0.408 e. The minimum Gasteiger partial charge on any atom is -0.490 e. The number of amides is 1. The smallest absolute Gasteiger partial charge is 0.408 e. The molecule has 0 saturated carbocycles. The number of methoxy groups -OCH3 is 1. The van der Waals surface area contributed by atoms with Crippen molar-refractivity contribution in [1.29, 1.82) is 0 Å².